The third-order valence-corrected chi connectivity index (χ3v) is 2.72. The molecular formula is C14H24IN3O. The van der Waals surface area contributed by atoms with Gasteiger partial charge in [-0.2, -0.15) is 0 Å². The fourth-order valence-electron chi connectivity index (χ4n) is 1.61. The summed E-state index contributed by atoms with van der Waals surface area (Å²) in [7, 11) is 1.69. The van der Waals surface area contributed by atoms with Crippen molar-refractivity contribution in [1.82, 2.24) is 5.32 Å². The lowest BCUT2D eigenvalue weighted by atomic mass is 10.1. The maximum atomic E-state index is 5.78. The molecule has 1 atom stereocenters. The first-order chi connectivity index (χ1) is 8.77. The van der Waals surface area contributed by atoms with E-state index in [1.807, 2.05) is 30.3 Å². The van der Waals surface area contributed by atoms with E-state index < -0.39 is 0 Å². The first kappa shape index (κ1) is 18.2. The summed E-state index contributed by atoms with van der Waals surface area (Å²) < 4.78 is 5.42. The molecule has 0 heterocycles. The number of hydrogen-bond donors (Lipinski definition) is 2. The number of halogens is 1. The highest BCUT2D eigenvalue weighted by molar-refractivity contribution is 14.0. The summed E-state index contributed by atoms with van der Waals surface area (Å²) in [6.07, 6.45) is 2.20. The average Bonchev–Trinajstić information content (AvgIpc) is 2.41. The van der Waals surface area contributed by atoms with Crippen LogP contribution in [-0.4, -0.2) is 26.2 Å². The van der Waals surface area contributed by atoms with E-state index in [-0.39, 0.29) is 30.1 Å². The van der Waals surface area contributed by atoms with E-state index in [4.69, 9.17) is 10.5 Å². The van der Waals surface area contributed by atoms with Crippen molar-refractivity contribution in [3.05, 3.63) is 35.9 Å². The standard InChI is InChI=1S/C14H23N3O.HI/c1-3-4-10-16-14(15)17-11-13(18-2)12-8-6-5-7-9-12;/h5-9,13H,3-4,10-11H2,1-2H3,(H3,15,16,17);1H. The van der Waals surface area contributed by atoms with Crippen LogP contribution in [0.1, 0.15) is 31.4 Å². The van der Waals surface area contributed by atoms with Crippen molar-refractivity contribution < 1.29 is 4.74 Å². The molecule has 1 aromatic carbocycles. The number of unbranched alkanes of at least 4 members (excludes halogenated alkanes) is 1. The second kappa shape index (κ2) is 11.0. The monoisotopic (exact) mass is 377 g/mol. The molecule has 0 saturated heterocycles. The summed E-state index contributed by atoms with van der Waals surface area (Å²) in [6, 6.07) is 10.0. The number of rotatable bonds is 7. The normalized spacial score (nSPS) is 12.6. The Bertz CT molecular complexity index is 357. The highest BCUT2D eigenvalue weighted by Crippen LogP contribution is 2.15. The number of methoxy groups -OCH3 is 1. The molecule has 0 saturated carbocycles. The van der Waals surface area contributed by atoms with Gasteiger partial charge in [-0.05, 0) is 12.0 Å². The minimum absolute atomic E-state index is 0. The molecule has 3 N–H and O–H groups in total. The molecule has 0 radical (unpaired) electrons. The molecule has 1 rings (SSSR count). The van der Waals surface area contributed by atoms with E-state index in [2.05, 4.69) is 17.2 Å². The van der Waals surface area contributed by atoms with Gasteiger partial charge in [0.05, 0.1) is 6.54 Å². The number of aliphatic imine (C=N–C) groups is 1. The molecule has 1 aromatic rings. The number of benzene rings is 1. The zero-order valence-corrected chi connectivity index (χ0v) is 14.0. The van der Waals surface area contributed by atoms with Crippen LogP contribution < -0.4 is 11.1 Å². The van der Waals surface area contributed by atoms with E-state index in [0.29, 0.717) is 12.5 Å². The molecule has 1 unspecified atom stereocenters. The second-order valence-corrected chi connectivity index (χ2v) is 4.14. The molecule has 5 heteroatoms. The number of nitrogens with one attached hydrogen (secondary N) is 1. The number of guanidine groups is 1. The van der Waals surface area contributed by atoms with Crippen LogP contribution in [0.15, 0.2) is 35.3 Å². The topological polar surface area (TPSA) is 59.6 Å². The Kier molecular flexibility index (Phi) is 10.6. The molecular weight excluding hydrogens is 353 g/mol. The van der Waals surface area contributed by atoms with Crippen molar-refractivity contribution in [3.63, 3.8) is 0 Å². The number of ether oxygens (including phenoxy) is 1. The summed E-state index contributed by atoms with van der Waals surface area (Å²) in [5.41, 5.74) is 6.89. The van der Waals surface area contributed by atoms with Crippen LogP contribution in [0.5, 0.6) is 0 Å². The fraction of sp³-hybridized carbons (Fsp3) is 0.500. The average molecular weight is 377 g/mol. The van der Waals surface area contributed by atoms with Gasteiger partial charge in [-0.15, -0.1) is 24.0 Å². The first-order valence-electron chi connectivity index (χ1n) is 6.39. The molecule has 0 aliphatic heterocycles. The van der Waals surface area contributed by atoms with Gasteiger partial charge in [-0.25, -0.2) is 0 Å². The maximum Gasteiger partial charge on any atom is 0.188 e. The number of nitrogens with two attached hydrogens (primary N) is 1. The highest BCUT2D eigenvalue weighted by atomic mass is 127. The lowest BCUT2D eigenvalue weighted by Crippen LogP contribution is -2.32. The SMILES string of the molecule is CCCCNC(N)=NCC(OC)c1ccccc1.I. The molecule has 19 heavy (non-hydrogen) atoms. The zero-order chi connectivity index (χ0) is 13.2. The van der Waals surface area contributed by atoms with E-state index in [1.165, 1.54) is 0 Å². The van der Waals surface area contributed by atoms with Crippen molar-refractivity contribution in [3.8, 4) is 0 Å². The van der Waals surface area contributed by atoms with Gasteiger partial charge >= 0.3 is 0 Å². The summed E-state index contributed by atoms with van der Waals surface area (Å²) >= 11 is 0. The molecule has 0 aliphatic rings. The van der Waals surface area contributed by atoms with E-state index in [9.17, 15) is 0 Å². The summed E-state index contributed by atoms with van der Waals surface area (Å²) in [6.45, 7) is 3.55. The zero-order valence-electron chi connectivity index (χ0n) is 11.6. The molecule has 0 aliphatic carbocycles. The molecule has 0 fully saturated rings. The summed E-state index contributed by atoms with van der Waals surface area (Å²) in [5.74, 6) is 0.487. The van der Waals surface area contributed by atoms with Gasteiger partial charge in [0.25, 0.3) is 0 Å². The van der Waals surface area contributed by atoms with Crippen LogP contribution in [-0.2, 0) is 4.74 Å². The fourth-order valence-corrected chi connectivity index (χ4v) is 1.61. The van der Waals surface area contributed by atoms with Crippen LogP contribution in [0.25, 0.3) is 0 Å². The Balaban J connectivity index is 0.00000324. The van der Waals surface area contributed by atoms with E-state index >= 15 is 0 Å². The van der Waals surface area contributed by atoms with Gasteiger partial charge in [0.2, 0.25) is 0 Å². The van der Waals surface area contributed by atoms with Crippen LogP contribution in [0.4, 0.5) is 0 Å². The number of nitrogens with zero attached hydrogens (tertiary/aromatic N) is 1. The van der Waals surface area contributed by atoms with Crippen molar-refractivity contribution in [2.24, 2.45) is 10.7 Å². The lowest BCUT2D eigenvalue weighted by Gasteiger charge is -2.13. The quantitative estimate of drug-likeness (QED) is 0.333. The van der Waals surface area contributed by atoms with Crippen molar-refractivity contribution in [2.75, 3.05) is 20.2 Å². The van der Waals surface area contributed by atoms with Crippen molar-refractivity contribution in [1.29, 1.82) is 0 Å². The van der Waals surface area contributed by atoms with Crippen LogP contribution in [0.3, 0.4) is 0 Å². The summed E-state index contributed by atoms with van der Waals surface area (Å²) in [4.78, 5) is 4.30. The molecule has 0 spiro atoms. The lowest BCUT2D eigenvalue weighted by molar-refractivity contribution is 0.111. The molecule has 4 nitrogen and oxygen atoms in total. The van der Waals surface area contributed by atoms with E-state index in [0.717, 1.165) is 24.9 Å². The predicted molar refractivity (Wildman–Crippen MR) is 91.0 cm³/mol. The second-order valence-electron chi connectivity index (χ2n) is 4.14. The Hall–Kier alpha value is -0.820. The van der Waals surface area contributed by atoms with Crippen LogP contribution >= 0.6 is 24.0 Å². The Labute approximate surface area is 132 Å². The van der Waals surface area contributed by atoms with Gasteiger partial charge in [0.1, 0.15) is 6.10 Å². The molecule has 108 valence electrons. The molecule has 0 aromatic heterocycles. The van der Waals surface area contributed by atoms with Crippen LogP contribution in [0.2, 0.25) is 0 Å². The third-order valence-electron chi connectivity index (χ3n) is 2.72. The smallest absolute Gasteiger partial charge is 0.188 e. The maximum absolute atomic E-state index is 5.78. The molecule has 0 amide bonds. The van der Waals surface area contributed by atoms with Gasteiger partial charge in [0.15, 0.2) is 5.96 Å². The van der Waals surface area contributed by atoms with Gasteiger partial charge < -0.3 is 15.8 Å². The van der Waals surface area contributed by atoms with Crippen LogP contribution in [0, 0.1) is 0 Å². The number of hydrogen-bond acceptors (Lipinski definition) is 2. The van der Waals surface area contributed by atoms with Gasteiger partial charge in [-0.3, -0.25) is 4.99 Å². The Morgan fingerprint density at radius 2 is 2.05 bits per heavy atom. The van der Waals surface area contributed by atoms with Gasteiger partial charge in [-0.1, -0.05) is 43.7 Å². The first-order valence-corrected chi connectivity index (χ1v) is 6.39. The third kappa shape index (κ3) is 7.37. The minimum Gasteiger partial charge on any atom is -0.375 e. The molecule has 0 bridgehead atoms. The van der Waals surface area contributed by atoms with Crippen molar-refractivity contribution >= 4 is 29.9 Å². The predicted octanol–water partition coefficient (Wildman–Crippen LogP) is 2.70. The minimum atomic E-state index is -0.0438. The highest BCUT2D eigenvalue weighted by Gasteiger charge is 2.08. The van der Waals surface area contributed by atoms with Crippen molar-refractivity contribution in [2.45, 2.75) is 25.9 Å². The van der Waals surface area contributed by atoms with E-state index in [1.54, 1.807) is 7.11 Å². The van der Waals surface area contributed by atoms with Gasteiger partial charge in [0, 0.05) is 13.7 Å². The largest absolute Gasteiger partial charge is 0.375 e. The summed E-state index contributed by atoms with van der Waals surface area (Å²) in [5, 5.41) is 3.09. The Morgan fingerprint density at radius 1 is 1.37 bits per heavy atom. The Morgan fingerprint density at radius 3 is 2.63 bits per heavy atom.